The van der Waals surface area contributed by atoms with E-state index in [0.29, 0.717) is 5.82 Å². The smallest absolute Gasteiger partial charge is 0.345 e. The zero-order valence-corrected chi connectivity index (χ0v) is 19.6. The molecule has 0 saturated carbocycles. The summed E-state index contributed by atoms with van der Waals surface area (Å²) in [5.41, 5.74) is -1.77. The predicted octanol–water partition coefficient (Wildman–Crippen LogP) is 1.51. The van der Waals surface area contributed by atoms with Crippen LogP contribution in [0.5, 0.6) is 0 Å². The van der Waals surface area contributed by atoms with E-state index < -0.39 is 35.2 Å². The van der Waals surface area contributed by atoms with Crippen molar-refractivity contribution in [3.63, 3.8) is 0 Å². The molecule has 0 spiro atoms. The molecule has 0 aliphatic heterocycles. The number of pyridine rings is 1. The number of aromatic nitrogens is 2. The molecule has 2 aromatic heterocycles. The molecule has 3 N–H and O–H groups in total. The average molecular weight is 497 g/mol. The number of carbonyl (C=O) groups is 2. The number of nitrogens with zero attached hydrogens (tertiary/aromatic N) is 3. The number of halogens is 3. The van der Waals surface area contributed by atoms with Gasteiger partial charge in [0, 0.05) is 18.2 Å². The average Bonchev–Trinajstić information content (AvgIpc) is 3.05. The van der Waals surface area contributed by atoms with Crippen molar-refractivity contribution >= 4 is 46.6 Å². The van der Waals surface area contributed by atoms with Crippen molar-refractivity contribution in [1.82, 2.24) is 14.9 Å². The highest BCUT2D eigenvalue weighted by molar-refractivity contribution is 7.07. The Morgan fingerprint density at radius 1 is 1.24 bits per heavy atom. The van der Waals surface area contributed by atoms with Crippen LogP contribution in [0.25, 0.3) is 11.8 Å². The third-order valence-corrected chi connectivity index (χ3v) is 5.38. The molecule has 0 aliphatic rings. The summed E-state index contributed by atoms with van der Waals surface area (Å²) >= 11 is 0.776. The molecule has 0 fully saturated rings. The van der Waals surface area contributed by atoms with Crippen LogP contribution in [0.1, 0.15) is 27.7 Å². The highest BCUT2D eigenvalue weighted by Crippen LogP contribution is 2.17. The lowest BCUT2D eigenvalue weighted by molar-refractivity contribution is -0.135. The van der Waals surface area contributed by atoms with Gasteiger partial charge in [0.15, 0.2) is 5.57 Å². The van der Waals surface area contributed by atoms with Crippen molar-refractivity contribution in [1.29, 1.82) is 5.26 Å². The van der Waals surface area contributed by atoms with Crippen LogP contribution >= 0.6 is 11.3 Å². The van der Waals surface area contributed by atoms with Gasteiger partial charge in [-0.25, -0.2) is 4.98 Å². The van der Waals surface area contributed by atoms with Crippen LogP contribution in [0.15, 0.2) is 23.0 Å². The molecule has 2 amide bonds. The second kappa shape index (κ2) is 10.5. The van der Waals surface area contributed by atoms with Crippen LogP contribution < -0.4 is 30.7 Å². The first-order chi connectivity index (χ1) is 15.8. The van der Waals surface area contributed by atoms with E-state index in [4.69, 9.17) is 0 Å². The normalized spacial score (nSPS) is 13.2. The number of nitriles is 1. The first-order valence-corrected chi connectivity index (χ1v) is 10.8. The Hall–Kier alpha value is -3.66. The maximum absolute atomic E-state index is 12.7. The number of thiazole rings is 1. The summed E-state index contributed by atoms with van der Waals surface area (Å²) in [4.78, 5) is 41.2. The minimum absolute atomic E-state index is 0.0677. The molecule has 0 unspecified atom stereocenters. The van der Waals surface area contributed by atoms with Gasteiger partial charge in [0.25, 0.3) is 11.5 Å². The molecule has 0 saturated heterocycles. The number of alkyl halides is 3. The molecular weight excluding hydrogens is 473 g/mol. The van der Waals surface area contributed by atoms with Crippen LogP contribution in [-0.2, 0) is 16.1 Å². The zero-order chi connectivity index (χ0) is 25.7. The van der Waals surface area contributed by atoms with Crippen LogP contribution in [-0.4, -0.2) is 34.1 Å². The summed E-state index contributed by atoms with van der Waals surface area (Å²) < 4.78 is 38.4. The predicted molar refractivity (Wildman–Crippen MR) is 122 cm³/mol. The molecule has 0 bridgehead atoms. The van der Waals surface area contributed by atoms with Gasteiger partial charge in [-0.2, -0.15) is 18.4 Å². The second-order valence-electron chi connectivity index (χ2n) is 8.01. The number of carbonyl (C=O) groups excluding carboxylic acids is 2. The molecule has 2 rings (SSSR count). The van der Waals surface area contributed by atoms with E-state index in [1.807, 2.05) is 0 Å². The lowest BCUT2D eigenvalue weighted by Crippen LogP contribution is -2.37. The Bertz CT molecular complexity index is 1300. The Kier molecular flexibility index (Phi) is 8.22. The number of anilines is 2. The molecule has 0 radical (unpaired) electrons. The van der Waals surface area contributed by atoms with Crippen LogP contribution in [0.2, 0.25) is 0 Å². The summed E-state index contributed by atoms with van der Waals surface area (Å²) in [6, 6.07) is 6.40. The van der Waals surface area contributed by atoms with Gasteiger partial charge >= 0.3 is 6.18 Å². The fraction of sp³-hybridized carbons (Fsp3) is 0.381. The van der Waals surface area contributed by atoms with E-state index in [9.17, 15) is 32.8 Å². The summed E-state index contributed by atoms with van der Waals surface area (Å²) in [7, 11) is 0. The van der Waals surface area contributed by atoms with Gasteiger partial charge in [-0.3, -0.25) is 19.0 Å². The first kappa shape index (κ1) is 26.6. The highest BCUT2D eigenvalue weighted by atomic mass is 32.1. The Labute approximate surface area is 196 Å². The maximum Gasteiger partial charge on any atom is 0.405 e. The van der Waals surface area contributed by atoms with E-state index in [2.05, 4.69) is 15.6 Å². The lowest BCUT2D eigenvalue weighted by atomic mass is 9.96. The number of rotatable bonds is 6. The third kappa shape index (κ3) is 6.92. The topological polar surface area (TPSA) is 129 Å². The lowest BCUT2D eigenvalue weighted by Gasteiger charge is -2.17. The molecule has 182 valence electrons. The number of amides is 2. The Morgan fingerprint density at radius 2 is 1.88 bits per heavy atom. The van der Waals surface area contributed by atoms with Crippen molar-refractivity contribution < 1.29 is 22.8 Å². The summed E-state index contributed by atoms with van der Waals surface area (Å²) in [6.45, 7) is 5.33. The zero-order valence-electron chi connectivity index (χ0n) is 18.8. The summed E-state index contributed by atoms with van der Waals surface area (Å²) in [5.74, 6) is -0.876. The SMILES string of the molecule is CCn1c(=O)/c(=C\Nc2cccc(NC(=O)C(C)(C)C)n2)s/c1=C(/C#N)C(=O)NCC(F)(F)F. The summed E-state index contributed by atoms with van der Waals surface area (Å²) in [5, 5.41) is 16.5. The molecule has 2 aromatic rings. The van der Waals surface area contributed by atoms with Gasteiger partial charge in [0.05, 0.1) is 0 Å². The van der Waals surface area contributed by atoms with E-state index in [0.717, 1.165) is 15.9 Å². The monoisotopic (exact) mass is 496 g/mol. The van der Waals surface area contributed by atoms with Gasteiger partial charge in [-0.1, -0.05) is 26.8 Å². The van der Waals surface area contributed by atoms with Gasteiger partial charge in [0.1, 0.15) is 33.4 Å². The first-order valence-electron chi connectivity index (χ1n) is 10.0. The Morgan fingerprint density at radius 3 is 2.44 bits per heavy atom. The van der Waals surface area contributed by atoms with E-state index in [1.165, 1.54) is 6.20 Å². The fourth-order valence-electron chi connectivity index (χ4n) is 2.49. The standard InChI is InChI=1S/C21H23F3N6O3S/c1-5-30-17(32)13(34-18(30)12(9-25)16(31)27-11-21(22,23)24)10-26-14-7-6-8-15(28-14)29-19(33)20(2,3)4/h6-8,10H,5,11H2,1-4H3,(H,27,31)(H2,26,28,29,33)/b13-10+,18-12-. The van der Waals surface area contributed by atoms with E-state index in [1.54, 1.807) is 57.3 Å². The van der Waals surface area contributed by atoms with E-state index >= 15 is 0 Å². The quantitative estimate of drug-likeness (QED) is 0.556. The minimum atomic E-state index is -4.65. The third-order valence-electron chi connectivity index (χ3n) is 4.25. The van der Waals surface area contributed by atoms with Crippen molar-refractivity contribution in [3.8, 4) is 6.07 Å². The van der Waals surface area contributed by atoms with Crippen molar-refractivity contribution in [2.45, 2.75) is 40.4 Å². The molecule has 0 aromatic carbocycles. The van der Waals surface area contributed by atoms with Crippen molar-refractivity contribution in [2.24, 2.45) is 5.41 Å². The van der Waals surface area contributed by atoms with Gasteiger partial charge in [0.2, 0.25) is 5.91 Å². The maximum atomic E-state index is 12.7. The van der Waals surface area contributed by atoms with Crippen LogP contribution in [0.3, 0.4) is 0 Å². The molecule has 0 atom stereocenters. The molecule has 2 heterocycles. The summed E-state index contributed by atoms with van der Waals surface area (Å²) in [6.07, 6.45) is -3.34. The second-order valence-corrected chi connectivity index (χ2v) is 9.04. The fourth-order valence-corrected chi connectivity index (χ4v) is 3.57. The highest BCUT2D eigenvalue weighted by Gasteiger charge is 2.29. The van der Waals surface area contributed by atoms with E-state index in [-0.39, 0.29) is 27.5 Å². The molecular formula is C21H23F3N6O3S. The van der Waals surface area contributed by atoms with Crippen LogP contribution in [0.4, 0.5) is 24.8 Å². The minimum Gasteiger partial charge on any atom is -0.345 e. The van der Waals surface area contributed by atoms with Gasteiger partial charge in [-0.05, 0) is 19.1 Å². The molecule has 13 heteroatoms. The number of hydrogen-bond acceptors (Lipinski definition) is 7. The number of nitrogens with one attached hydrogen (secondary N) is 3. The Balaban J connectivity index is 2.41. The van der Waals surface area contributed by atoms with Gasteiger partial charge in [-0.15, -0.1) is 11.3 Å². The van der Waals surface area contributed by atoms with Gasteiger partial charge < -0.3 is 16.0 Å². The number of hydrogen-bond donors (Lipinski definition) is 3. The molecule has 0 aliphatic carbocycles. The molecule has 34 heavy (non-hydrogen) atoms. The largest absolute Gasteiger partial charge is 0.405 e. The van der Waals surface area contributed by atoms with Crippen molar-refractivity contribution in [2.75, 3.05) is 17.2 Å². The van der Waals surface area contributed by atoms with Crippen molar-refractivity contribution in [3.05, 3.63) is 37.7 Å². The van der Waals surface area contributed by atoms with Crippen LogP contribution in [0, 0.1) is 16.7 Å². The molecule has 9 nitrogen and oxygen atoms in total.